The molecule has 1 N–H and O–H groups in total. The fraction of sp³-hybridized carbons (Fsp3) is 0.100. The maximum atomic E-state index is 12.9. The summed E-state index contributed by atoms with van der Waals surface area (Å²) in [6, 6.07) is 1.79. The van der Waals surface area contributed by atoms with E-state index in [2.05, 4.69) is 22.2 Å². The zero-order valence-corrected chi connectivity index (χ0v) is 9.44. The number of aromatic nitrogens is 3. The van der Waals surface area contributed by atoms with Crippen LogP contribution in [0.5, 0.6) is 0 Å². The van der Waals surface area contributed by atoms with Gasteiger partial charge in [0.05, 0.1) is 11.9 Å². The van der Waals surface area contributed by atoms with Crippen LogP contribution in [0.4, 0.5) is 17.6 Å². The Balaban J connectivity index is 2.59. The number of aromatic amines is 1. The van der Waals surface area contributed by atoms with Gasteiger partial charge in [0.15, 0.2) is 4.77 Å². The molecule has 0 amide bonds. The standard InChI is InChI=1S/C10H5F4N3S/c11-6-1-5(3-15-4-6)7-2-8(10(12,13)14)17-9(18)16-7/h1-4H,(H,16,17,18). The number of H-pyrrole nitrogens is 1. The highest BCUT2D eigenvalue weighted by molar-refractivity contribution is 7.71. The van der Waals surface area contributed by atoms with Crippen molar-refractivity contribution in [2.75, 3.05) is 0 Å². The molecule has 2 aromatic heterocycles. The van der Waals surface area contributed by atoms with Crippen molar-refractivity contribution in [2.45, 2.75) is 6.18 Å². The molecule has 0 saturated carbocycles. The first-order valence-corrected chi connectivity index (χ1v) is 5.06. The first-order valence-electron chi connectivity index (χ1n) is 4.66. The Kier molecular flexibility index (Phi) is 3.12. The van der Waals surface area contributed by atoms with Gasteiger partial charge in [0.2, 0.25) is 0 Å². The van der Waals surface area contributed by atoms with Gasteiger partial charge in [-0.3, -0.25) is 4.98 Å². The zero-order valence-electron chi connectivity index (χ0n) is 8.62. The van der Waals surface area contributed by atoms with Crippen molar-refractivity contribution < 1.29 is 17.6 Å². The Morgan fingerprint density at radius 1 is 1.17 bits per heavy atom. The van der Waals surface area contributed by atoms with Crippen molar-refractivity contribution in [1.82, 2.24) is 15.0 Å². The van der Waals surface area contributed by atoms with E-state index >= 15 is 0 Å². The van der Waals surface area contributed by atoms with Crippen LogP contribution >= 0.6 is 12.2 Å². The number of halogens is 4. The Labute approximate surface area is 104 Å². The number of nitrogens with one attached hydrogen (secondary N) is 1. The average molecular weight is 275 g/mol. The first kappa shape index (κ1) is 12.6. The summed E-state index contributed by atoms with van der Waals surface area (Å²) in [4.78, 5) is 9.19. The van der Waals surface area contributed by atoms with E-state index in [-0.39, 0.29) is 16.0 Å². The van der Waals surface area contributed by atoms with E-state index in [0.29, 0.717) is 0 Å². The van der Waals surface area contributed by atoms with Crippen LogP contribution in [-0.2, 0) is 6.18 Å². The molecule has 0 aliphatic heterocycles. The van der Waals surface area contributed by atoms with Gasteiger partial charge in [-0.25, -0.2) is 9.37 Å². The number of nitrogens with zero attached hydrogens (tertiary/aromatic N) is 2. The lowest BCUT2D eigenvalue weighted by atomic mass is 10.2. The van der Waals surface area contributed by atoms with Gasteiger partial charge < -0.3 is 4.98 Å². The van der Waals surface area contributed by atoms with Crippen LogP contribution in [0, 0.1) is 10.6 Å². The Bertz CT molecular complexity index is 636. The van der Waals surface area contributed by atoms with Gasteiger partial charge >= 0.3 is 6.18 Å². The van der Waals surface area contributed by atoms with Crippen LogP contribution in [0.1, 0.15) is 5.69 Å². The Morgan fingerprint density at radius 3 is 2.50 bits per heavy atom. The van der Waals surface area contributed by atoms with E-state index in [1.54, 1.807) is 0 Å². The van der Waals surface area contributed by atoms with Gasteiger partial charge in [-0.15, -0.1) is 0 Å². The topological polar surface area (TPSA) is 41.6 Å². The zero-order chi connectivity index (χ0) is 13.3. The van der Waals surface area contributed by atoms with E-state index < -0.39 is 17.7 Å². The smallest absolute Gasteiger partial charge is 0.327 e. The molecular weight excluding hydrogens is 270 g/mol. The van der Waals surface area contributed by atoms with Crippen molar-refractivity contribution in [3.63, 3.8) is 0 Å². The van der Waals surface area contributed by atoms with Gasteiger partial charge in [-0.05, 0) is 24.4 Å². The van der Waals surface area contributed by atoms with Crippen LogP contribution in [0.15, 0.2) is 24.5 Å². The number of hydrogen-bond donors (Lipinski definition) is 1. The number of rotatable bonds is 1. The third kappa shape index (κ3) is 2.70. The van der Waals surface area contributed by atoms with Crippen LogP contribution < -0.4 is 0 Å². The minimum Gasteiger partial charge on any atom is -0.327 e. The molecule has 0 fully saturated rings. The molecule has 0 radical (unpaired) electrons. The molecule has 8 heteroatoms. The summed E-state index contributed by atoms with van der Waals surface area (Å²) in [5.41, 5.74) is -1.000. The molecule has 2 rings (SSSR count). The molecule has 0 aromatic carbocycles. The number of pyridine rings is 1. The molecule has 0 aliphatic carbocycles. The first-order chi connectivity index (χ1) is 8.36. The number of hydrogen-bond acceptors (Lipinski definition) is 3. The minimum atomic E-state index is -4.58. The fourth-order valence-corrected chi connectivity index (χ4v) is 1.52. The molecule has 0 atom stereocenters. The quantitative estimate of drug-likeness (QED) is 0.641. The highest BCUT2D eigenvalue weighted by Crippen LogP contribution is 2.29. The van der Waals surface area contributed by atoms with E-state index in [1.165, 1.54) is 6.20 Å². The second-order valence-corrected chi connectivity index (χ2v) is 3.76. The summed E-state index contributed by atoms with van der Waals surface area (Å²) in [6.07, 6.45) is -2.43. The SMILES string of the molecule is Fc1cncc(-c2cc(C(F)(F)F)[nH]c(=S)n2)c1. The van der Waals surface area contributed by atoms with E-state index in [0.717, 1.165) is 18.3 Å². The summed E-state index contributed by atoms with van der Waals surface area (Å²) >= 11 is 4.61. The molecule has 2 aromatic rings. The molecule has 3 nitrogen and oxygen atoms in total. The van der Waals surface area contributed by atoms with Gasteiger partial charge in [-0.1, -0.05) is 0 Å². The molecule has 0 bridgehead atoms. The van der Waals surface area contributed by atoms with E-state index in [9.17, 15) is 17.6 Å². The second-order valence-electron chi connectivity index (χ2n) is 3.37. The molecule has 18 heavy (non-hydrogen) atoms. The summed E-state index contributed by atoms with van der Waals surface area (Å²) in [6.45, 7) is 0. The molecule has 0 spiro atoms. The third-order valence-electron chi connectivity index (χ3n) is 2.05. The Morgan fingerprint density at radius 2 is 1.89 bits per heavy atom. The van der Waals surface area contributed by atoms with Crippen LogP contribution in [-0.4, -0.2) is 15.0 Å². The van der Waals surface area contributed by atoms with Crippen LogP contribution in [0.25, 0.3) is 11.3 Å². The lowest BCUT2D eigenvalue weighted by Gasteiger charge is -2.08. The maximum Gasteiger partial charge on any atom is 0.431 e. The summed E-state index contributed by atoms with van der Waals surface area (Å²) in [5.74, 6) is -0.665. The summed E-state index contributed by atoms with van der Waals surface area (Å²) in [7, 11) is 0. The fourth-order valence-electron chi connectivity index (χ4n) is 1.31. The predicted octanol–water partition coefficient (Wildman–Crippen LogP) is 3.36. The monoisotopic (exact) mass is 275 g/mol. The number of alkyl halides is 3. The lowest BCUT2D eigenvalue weighted by molar-refractivity contribution is -0.141. The highest BCUT2D eigenvalue weighted by Gasteiger charge is 2.32. The molecule has 0 unspecified atom stereocenters. The predicted molar refractivity (Wildman–Crippen MR) is 57.6 cm³/mol. The minimum absolute atomic E-state index is 0.0851. The van der Waals surface area contributed by atoms with Crippen molar-refractivity contribution in [3.05, 3.63) is 40.8 Å². The molecule has 94 valence electrons. The van der Waals surface area contributed by atoms with E-state index in [1.807, 2.05) is 4.98 Å². The Hall–Kier alpha value is -1.83. The molecule has 0 saturated heterocycles. The molecular formula is C10H5F4N3S. The molecule has 2 heterocycles. The third-order valence-corrected chi connectivity index (χ3v) is 2.24. The summed E-state index contributed by atoms with van der Waals surface area (Å²) in [5, 5.41) is 0. The van der Waals surface area contributed by atoms with Gasteiger partial charge in [0.25, 0.3) is 0 Å². The largest absolute Gasteiger partial charge is 0.431 e. The maximum absolute atomic E-state index is 12.9. The molecule has 0 aliphatic rings. The van der Waals surface area contributed by atoms with Crippen LogP contribution in [0.2, 0.25) is 0 Å². The normalized spacial score (nSPS) is 11.6. The van der Waals surface area contributed by atoms with Gasteiger partial charge in [0.1, 0.15) is 11.5 Å². The summed E-state index contributed by atoms with van der Waals surface area (Å²) < 4.78 is 50.3. The lowest BCUT2D eigenvalue weighted by Crippen LogP contribution is -2.09. The van der Waals surface area contributed by atoms with Gasteiger partial charge in [-0.2, -0.15) is 13.2 Å². The van der Waals surface area contributed by atoms with Crippen molar-refractivity contribution in [2.24, 2.45) is 0 Å². The van der Waals surface area contributed by atoms with E-state index in [4.69, 9.17) is 0 Å². The van der Waals surface area contributed by atoms with Crippen molar-refractivity contribution in [3.8, 4) is 11.3 Å². The van der Waals surface area contributed by atoms with Crippen molar-refractivity contribution >= 4 is 12.2 Å². The second kappa shape index (κ2) is 4.45. The van der Waals surface area contributed by atoms with Crippen molar-refractivity contribution in [1.29, 1.82) is 0 Å². The van der Waals surface area contributed by atoms with Crippen LogP contribution in [0.3, 0.4) is 0 Å². The highest BCUT2D eigenvalue weighted by atomic mass is 32.1. The average Bonchev–Trinajstić information content (AvgIpc) is 2.27. The van der Waals surface area contributed by atoms with Gasteiger partial charge in [0, 0.05) is 11.8 Å².